The highest BCUT2D eigenvalue weighted by Crippen LogP contribution is 2.25. The van der Waals surface area contributed by atoms with Crippen LogP contribution >= 0.6 is 0 Å². The first-order valence-electron chi connectivity index (χ1n) is 5.29. The minimum Gasteiger partial charge on any atom is -0.420 e. The van der Waals surface area contributed by atoms with Crippen LogP contribution in [-0.2, 0) is 0 Å². The zero-order valence-corrected chi connectivity index (χ0v) is 8.69. The van der Waals surface area contributed by atoms with Gasteiger partial charge in [0.2, 0.25) is 0 Å². The molecule has 16 heavy (non-hydrogen) atoms. The van der Waals surface area contributed by atoms with E-state index in [4.69, 9.17) is 10.2 Å². The molecule has 1 atom stereocenters. The Morgan fingerprint density at radius 2 is 2.38 bits per heavy atom. The van der Waals surface area contributed by atoms with Crippen LogP contribution in [0.3, 0.4) is 0 Å². The van der Waals surface area contributed by atoms with Gasteiger partial charge in [0.25, 0.3) is 6.01 Å². The highest BCUT2D eigenvalue weighted by Gasteiger charge is 2.23. The summed E-state index contributed by atoms with van der Waals surface area (Å²) < 4.78 is 18.8. The Hall–Kier alpha value is -1.62. The maximum Gasteiger partial charge on any atom is 0.298 e. The van der Waals surface area contributed by atoms with Gasteiger partial charge in [0.15, 0.2) is 11.4 Å². The van der Waals surface area contributed by atoms with Gasteiger partial charge < -0.3 is 15.1 Å². The summed E-state index contributed by atoms with van der Waals surface area (Å²) in [4.78, 5) is 6.20. The Bertz CT molecular complexity index is 525. The van der Waals surface area contributed by atoms with Crippen molar-refractivity contribution in [1.82, 2.24) is 4.98 Å². The molecule has 2 N–H and O–H groups in total. The average molecular weight is 221 g/mol. The van der Waals surface area contributed by atoms with E-state index in [0.717, 1.165) is 13.0 Å². The van der Waals surface area contributed by atoms with Crippen LogP contribution in [0.25, 0.3) is 11.1 Å². The average Bonchev–Trinajstić information content (AvgIpc) is 2.84. The van der Waals surface area contributed by atoms with E-state index < -0.39 is 0 Å². The van der Waals surface area contributed by atoms with Crippen LogP contribution in [0.2, 0.25) is 0 Å². The fourth-order valence-electron chi connectivity index (χ4n) is 2.00. The van der Waals surface area contributed by atoms with Gasteiger partial charge in [-0.25, -0.2) is 4.39 Å². The van der Waals surface area contributed by atoms with Gasteiger partial charge in [0, 0.05) is 19.1 Å². The molecule has 2 heterocycles. The zero-order valence-electron chi connectivity index (χ0n) is 8.69. The monoisotopic (exact) mass is 221 g/mol. The second-order valence-corrected chi connectivity index (χ2v) is 4.08. The number of aromatic nitrogens is 1. The summed E-state index contributed by atoms with van der Waals surface area (Å²) in [7, 11) is 0. The van der Waals surface area contributed by atoms with Crippen molar-refractivity contribution < 1.29 is 8.81 Å². The molecule has 1 aliphatic rings. The zero-order chi connectivity index (χ0) is 11.1. The lowest BCUT2D eigenvalue weighted by molar-refractivity contribution is 0.546. The first kappa shape index (κ1) is 9.59. The van der Waals surface area contributed by atoms with Crippen molar-refractivity contribution in [1.29, 1.82) is 0 Å². The third kappa shape index (κ3) is 1.44. The number of para-hydroxylation sites is 1. The van der Waals surface area contributed by atoms with Crippen LogP contribution in [0, 0.1) is 5.82 Å². The van der Waals surface area contributed by atoms with Crippen LogP contribution < -0.4 is 10.6 Å². The van der Waals surface area contributed by atoms with E-state index in [1.165, 1.54) is 6.07 Å². The van der Waals surface area contributed by atoms with Gasteiger partial charge >= 0.3 is 0 Å². The van der Waals surface area contributed by atoms with E-state index in [0.29, 0.717) is 18.1 Å². The highest BCUT2D eigenvalue weighted by atomic mass is 19.1. The summed E-state index contributed by atoms with van der Waals surface area (Å²) in [6.07, 6.45) is 0.918. The van der Waals surface area contributed by atoms with Crippen LogP contribution in [0.15, 0.2) is 22.6 Å². The van der Waals surface area contributed by atoms with E-state index in [-0.39, 0.29) is 17.4 Å². The summed E-state index contributed by atoms with van der Waals surface area (Å²) in [5.74, 6) is -0.375. The second kappa shape index (κ2) is 3.45. The van der Waals surface area contributed by atoms with Crippen molar-refractivity contribution in [2.45, 2.75) is 12.5 Å². The van der Waals surface area contributed by atoms with Gasteiger partial charge in [0.05, 0.1) is 0 Å². The molecule has 3 rings (SSSR count). The van der Waals surface area contributed by atoms with Crippen LogP contribution in [0.1, 0.15) is 6.42 Å². The predicted octanol–water partition coefficient (Wildman–Crippen LogP) is 1.50. The van der Waals surface area contributed by atoms with E-state index in [9.17, 15) is 4.39 Å². The molecule has 1 fully saturated rings. The molecule has 2 aromatic rings. The Balaban J connectivity index is 2.02. The van der Waals surface area contributed by atoms with Crippen LogP contribution in [0.4, 0.5) is 10.4 Å². The number of hydrogen-bond acceptors (Lipinski definition) is 4. The normalized spacial score (nSPS) is 20.9. The van der Waals surface area contributed by atoms with Crippen molar-refractivity contribution in [3.63, 3.8) is 0 Å². The summed E-state index contributed by atoms with van der Waals surface area (Å²) in [6.45, 7) is 1.53. The number of anilines is 1. The summed E-state index contributed by atoms with van der Waals surface area (Å²) in [5, 5.41) is 0. The van der Waals surface area contributed by atoms with Gasteiger partial charge in [-0.1, -0.05) is 6.07 Å². The van der Waals surface area contributed by atoms with Gasteiger partial charge in [0.1, 0.15) is 5.52 Å². The highest BCUT2D eigenvalue weighted by molar-refractivity contribution is 5.75. The molecule has 0 radical (unpaired) electrons. The molecule has 5 heteroatoms. The molecule has 1 unspecified atom stereocenters. The molecule has 0 spiro atoms. The summed E-state index contributed by atoms with van der Waals surface area (Å²) in [5.41, 5.74) is 6.57. The number of benzene rings is 1. The van der Waals surface area contributed by atoms with Crippen molar-refractivity contribution in [2.75, 3.05) is 18.0 Å². The number of rotatable bonds is 1. The molecule has 1 aliphatic heterocycles. The Kier molecular flexibility index (Phi) is 2.07. The molecular formula is C11H12FN3O. The van der Waals surface area contributed by atoms with Gasteiger partial charge in [-0.15, -0.1) is 0 Å². The van der Waals surface area contributed by atoms with Crippen molar-refractivity contribution in [3.8, 4) is 0 Å². The topological polar surface area (TPSA) is 55.3 Å². The van der Waals surface area contributed by atoms with E-state index >= 15 is 0 Å². The Labute approximate surface area is 91.8 Å². The van der Waals surface area contributed by atoms with Crippen molar-refractivity contribution >= 4 is 17.1 Å². The first-order chi connectivity index (χ1) is 7.74. The molecule has 4 nitrogen and oxygen atoms in total. The number of fused-ring (bicyclic) bond motifs is 1. The van der Waals surface area contributed by atoms with E-state index in [2.05, 4.69) is 4.98 Å². The number of oxazole rings is 1. The largest absolute Gasteiger partial charge is 0.420 e. The maximum atomic E-state index is 13.4. The third-order valence-electron chi connectivity index (χ3n) is 2.85. The molecule has 84 valence electrons. The van der Waals surface area contributed by atoms with Crippen molar-refractivity contribution in [2.24, 2.45) is 5.73 Å². The minimum atomic E-state index is -0.375. The number of nitrogens with zero attached hydrogens (tertiary/aromatic N) is 2. The second-order valence-electron chi connectivity index (χ2n) is 4.08. The van der Waals surface area contributed by atoms with Crippen molar-refractivity contribution in [3.05, 3.63) is 24.0 Å². The summed E-state index contributed by atoms with van der Waals surface area (Å²) in [6, 6.07) is 5.35. The van der Waals surface area contributed by atoms with E-state index in [1.54, 1.807) is 12.1 Å². The van der Waals surface area contributed by atoms with Gasteiger partial charge in [-0.3, -0.25) is 0 Å². The first-order valence-corrected chi connectivity index (χ1v) is 5.29. The number of halogens is 1. The minimum absolute atomic E-state index is 0.153. The molecule has 1 saturated heterocycles. The molecule has 0 bridgehead atoms. The lowest BCUT2D eigenvalue weighted by Gasteiger charge is -2.11. The van der Waals surface area contributed by atoms with Gasteiger partial charge in [-0.2, -0.15) is 4.98 Å². The smallest absolute Gasteiger partial charge is 0.298 e. The molecule has 0 aliphatic carbocycles. The molecule has 1 aromatic heterocycles. The fourth-order valence-corrected chi connectivity index (χ4v) is 2.00. The Morgan fingerprint density at radius 3 is 3.06 bits per heavy atom. The molecular weight excluding hydrogens is 209 g/mol. The third-order valence-corrected chi connectivity index (χ3v) is 2.85. The standard InChI is InChI=1S/C11H12FN3O/c12-8-2-1-3-9-10(8)16-11(14-9)15-5-4-7(13)6-15/h1-3,7H,4-6,13H2. The lowest BCUT2D eigenvalue weighted by atomic mass is 10.3. The molecule has 0 saturated carbocycles. The molecule has 0 amide bonds. The fraction of sp³-hybridized carbons (Fsp3) is 0.364. The maximum absolute atomic E-state index is 13.4. The molecule has 1 aromatic carbocycles. The van der Waals surface area contributed by atoms with Gasteiger partial charge in [-0.05, 0) is 18.6 Å². The summed E-state index contributed by atoms with van der Waals surface area (Å²) >= 11 is 0. The lowest BCUT2D eigenvalue weighted by Crippen LogP contribution is -2.26. The quantitative estimate of drug-likeness (QED) is 0.793. The number of hydrogen-bond donors (Lipinski definition) is 1. The SMILES string of the molecule is NC1CCN(c2nc3cccc(F)c3o2)C1. The number of nitrogens with two attached hydrogens (primary N) is 1. The van der Waals surface area contributed by atoms with Crippen LogP contribution in [-0.4, -0.2) is 24.1 Å². The van der Waals surface area contributed by atoms with Crippen LogP contribution in [0.5, 0.6) is 0 Å². The van der Waals surface area contributed by atoms with E-state index in [1.807, 2.05) is 4.90 Å². The Morgan fingerprint density at radius 1 is 1.50 bits per heavy atom. The predicted molar refractivity (Wildman–Crippen MR) is 58.8 cm³/mol.